The molecule has 0 aromatic heterocycles. The van der Waals surface area contributed by atoms with Gasteiger partial charge in [0.2, 0.25) is 15.9 Å². The van der Waals surface area contributed by atoms with E-state index in [1.807, 2.05) is 6.07 Å². The molecule has 0 radical (unpaired) electrons. The smallest absolute Gasteiger partial charge is 0.243 e. The van der Waals surface area contributed by atoms with Crippen molar-refractivity contribution in [2.24, 2.45) is 0 Å². The van der Waals surface area contributed by atoms with E-state index in [0.717, 1.165) is 9.87 Å². The number of benzene rings is 3. The number of halogens is 1. The molecule has 1 amide bonds. The van der Waals surface area contributed by atoms with Gasteiger partial charge in [-0.3, -0.25) is 4.79 Å². The number of sulfonamides is 1. The van der Waals surface area contributed by atoms with Crippen LogP contribution in [0.1, 0.15) is 11.1 Å². The summed E-state index contributed by atoms with van der Waals surface area (Å²) in [6.45, 7) is 1.37. The molecule has 0 bridgehead atoms. The van der Waals surface area contributed by atoms with Gasteiger partial charge in [-0.05, 0) is 42.3 Å². The van der Waals surface area contributed by atoms with Crippen LogP contribution in [0.2, 0.25) is 0 Å². The van der Waals surface area contributed by atoms with E-state index >= 15 is 0 Å². The number of amides is 1. The Morgan fingerprint density at radius 3 is 2.24 bits per heavy atom. The van der Waals surface area contributed by atoms with E-state index in [1.54, 1.807) is 55.5 Å². The summed E-state index contributed by atoms with van der Waals surface area (Å²) < 4.78 is 40.9. The highest BCUT2D eigenvalue weighted by Gasteiger charge is 2.27. The Bertz CT molecular complexity index is 1090. The third kappa shape index (κ3) is 5.28. The molecular formula is C22H21FN2O3S. The van der Waals surface area contributed by atoms with E-state index in [-0.39, 0.29) is 11.4 Å². The van der Waals surface area contributed by atoms with Crippen LogP contribution in [0.5, 0.6) is 0 Å². The molecule has 0 unspecified atom stereocenters. The van der Waals surface area contributed by atoms with Crippen LogP contribution in [-0.2, 0) is 21.4 Å². The van der Waals surface area contributed by atoms with Crippen molar-refractivity contribution in [1.29, 1.82) is 0 Å². The van der Waals surface area contributed by atoms with Crippen LogP contribution in [0.3, 0.4) is 0 Å². The minimum Gasteiger partial charge on any atom is -0.325 e. The monoisotopic (exact) mass is 412 g/mol. The Morgan fingerprint density at radius 1 is 0.966 bits per heavy atom. The lowest BCUT2D eigenvalue weighted by atomic mass is 10.2. The van der Waals surface area contributed by atoms with Gasteiger partial charge in [0.05, 0.1) is 11.4 Å². The van der Waals surface area contributed by atoms with Gasteiger partial charge in [-0.2, -0.15) is 4.31 Å². The Morgan fingerprint density at radius 2 is 1.59 bits per heavy atom. The number of hydrogen-bond acceptors (Lipinski definition) is 3. The predicted molar refractivity (Wildman–Crippen MR) is 110 cm³/mol. The van der Waals surface area contributed by atoms with Crippen molar-refractivity contribution < 1.29 is 17.6 Å². The first-order valence-electron chi connectivity index (χ1n) is 9.01. The second kappa shape index (κ2) is 8.98. The zero-order valence-electron chi connectivity index (χ0n) is 15.9. The van der Waals surface area contributed by atoms with Gasteiger partial charge >= 0.3 is 0 Å². The van der Waals surface area contributed by atoms with Crippen molar-refractivity contribution in [3.63, 3.8) is 0 Å². The molecule has 150 valence electrons. The van der Waals surface area contributed by atoms with E-state index in [2.05, 4.69) is 5.32 Å². The molecule has 0 heterocycles. The van der Waals surface area contributed by atoms with Gasteiger partial charge in [0.25, 0.3) is 0 Å². The quantitative estimate of drug-likeness (QED) is 0.639. The lowest BCUT2D eigenvalue weighted by Gasteiger charge is -2.22. The molecule has 3 aromatic carbocycles. The summed E-state index contributed by atoms with van der Waals surface area (Å²) >= 11 is 0. The zero-order chi connectivity index (χ0) is 20.9. The SMILES string of the molecule is Cc1ccc(F)cc1NC(=O)CN(Cc1ccccc1)S(=O)(=O)c1ccccc1. The summed E-state index contributed by atoms with van der Waals surface area (Å²) in [5.74, 6) is -1.03. The number of nitrogens with one attached hydrogen (secondary N) is 1. The van der Waals surface area contributed by atoms with Crippen LogP contribution >= 0.6 is 0 Å². The fraction of sp³-hybridized carbons (Fsp3) is 0.136. The van der Waals surface area contributed by atoms with Crippen LogP contribution in [0.25, 0.3) is 0 Å². The first kappa shape index (κ1) is 20.7. The minimum absolute atomic E-state index is 0.0353. The maximum Gasteiger partial charge on any atom is 0.243 e. The van der Waals surface area contributed by atoms with Crippen molar-refractivity contribution in [1.82, 2.24) is 4.31 Å². The summed E-state index contributed by atoms with van der Waals surface area (Å²) in [7, 11) is -3.91. The Labute approximate surface area is 169 Å². The number of rotatable bonds is 7. The molecule has 5 nitrogen and oxygen atoms in total. The van der Waals surface area contributed by atoms with Crippen LogP contribution in [0, 0.1) is 12.7 Å². The number of nitrogens with zero attached hydrogens (tertiary/aromatic N) is 1. The average molecular weight is 412 g/mol. The highest BCUT2D eigenvalue weighted by atomic mass is 32.2. The number of anilines is 1. The number of hydrogen-bond donors (Lipinski definition) is 1. The van der Waals surface area contributed by atoms with Gasteiger partial charge in [-0.1, -0.05) is 54.6 Å². The van der Waals surface area contributed by atoms with Gasteiger partial charge in [0.15, 0.2) is 0 Å². The maximum absolute atomic E-state index is 13.5. The van der Waals surface area contributed by atoms with Crippen LogP contribution in [-0.4, -0.2) is 25.2 Å². The lowest BCUT2D eigenvalue weighted by molar-refractivity contribution is -0.116. The average Bonchev–Trinajstić information content (AvgIpc) is 2.71. The minimum atomic E-state index is -3.91. The van der Waals surface area contributed by atoms with E-state index in [1.165, 1.54) is 24.3 Å². The molecule has 0 atom stereocenters. The normalized spacial score (nSPS) is 11.4. The topological polar surface area (TPSA) is 66.5 Å². The first-order valence-corrected chi connectivity index (χ1v) is 10.5. The molecule has 0 saturated carbocycles. The Kier molecular flexibility index (Phi) is 6.41. The first-order chi connectivity index (χ1) is 13.9. The zero-order valence-corrected chi connectivity index (χ0v) is 16.7. The molecular weight excluding hydrogens is 391 g/mol. The molecule has 0 aliphatic heterocycles. The predicted octanol–water partition coefficient (Wildman–Crippen LogP) is 3.96. The third-order valence-corrected chi connectivity index (χ3v) is 6.18. The molecule has 1 N–H and O–H groups in total. The van der Waals surface area contributed by atoms with E-state index in [4.69, 9.17) is 0 Å². The molecule has 0 fully saturated rings. The summed E-state index contributed by atoms with van der Waals surface area (Å²) in [6.07, 6.45) is 0. The highest BCUT2D eigenvalue weighted by molar-refractivity contribution is 7.89. The van der Waals surface area contributed by atoms with Crippen molar-refractivity contribution >= 4 is 21.6 Å². The van der Waals surface area contributed by atoms with Gasteiger partial charge < -0.3 is 5.32 Å². The molecule has 0 spiro atoms. The van der Waals surface area contributed by atoms with Gasteiger partial charge in [0, 0.05) is 12.2 Å². The van der Waals surface area contributed by atoms with E-state index in [9.17, 15) is 17.6 Å². The summed E-state index contributed by atoms with van der Waals surface area (Å²) in [4.78, 5) is 12.7. The van der Waals surface area contributed by atoms with Crippen molar-refractivity contribution in [2.75, 3.05) is 11.9 Å². The van der Waals surface area contributed by atoms with Crippen molar-refractivity contribution in [3.8, 4) is 0 Å². The molecule has 3 rings (SSSR count). The number of aryl methyl sites for hydroxylation is 1. The Hall–Kier alpha value is -3.03. The summed E-state index contributed by atoms with van der Waals surface area (Å²) in [5, 5.41) is 2.61. The third-order valence-electron chi connectivity index (χ3n) is 4.38. The fourth-order valence-corrected chi connectivity index (χ4v) is 4.24. The lowest BCUT2D eigenvalue weighted by Crippen LogP contribution is -2.37. The van der Waals surface area contributed by atoms with Crippen LogP contribution in [0.15, 0.2) is 83.8 Å². The van der Waals surface area contributed by atoms with Gasteiger partial charge in [-0.15, -0.1) is 0 Å². The summed E-state index contributed by atoms with van der Waals surface area (Å²) in [5.41, 5.74) is 1.74. The molecule has 3 aromatic rings. The van der Waals surface area contributed by atoms with Gasteiger partial charge in [0.1, 0.15) is 5.82 Å². The number of carbonyl (C=O) groups is 1. The highest BCUT2D eigenvalue weighted by Crippen LogP contribution is 2.20. The van der Waals surface area contributed by atoms with Crippen molar-refractivity contribution in [3.05, 3.63) is 95.8 Å². The molecule has 0 aliphatic carbocycles. The fourth-order valence-electron chi connectivity index (χ4n) is 2.83. The van der Waals surface area contributed by atoms with E-state index < -0.39 is 28.3 Å². The maximum atomic E-state index is 13.5. The second-order valence-corrected chi connectivity index (χ2v) is 8.52. The molecule has 7 heteroatoms. The molecule has 0 saturated heterocycles. The van der Waals surface area contributed by atoms with E-state index in [0.29, 0.717) is 11.3 Å². The van der Waals surface area contributed by atoms with Crippen molar-refractivity contribution in [2.45, 2.75) is 18.4 Å². The van der Waals surface area contributed by atoms with Gasteiger partial charge in [-0.25, -0.2) is 12.8 Å². The van der Waals surface area contributed by atoms with Crippen LogP contribution in [0.4, 0.5) is 10.1 Å². The molecule has 0 aliphatic rings. The second-order valence-electron chi connectivity index (χ2n) is 6.58. The molecule has 29 heavy (non-hydrogen) atoms. The summed E-state index contributed by atoms with van der Waals surface area (Å²) in [6, 6.07) is 21.0. The Balaban J connectivity index is 1.87. The standard InChI is InChI=1S/C22H21FN2O3S/c1-17-12-13-19(23)14-21(17)24-22(26)16-25(15-18-8-4-2-5-9-18)29(27,28)20-10-6-3-7-11-20/h2-14H,15-16H2,1H3,(H,24,26). The number of carbonyl (C=O) groups excluding carboxylic acids is 1. The largest absolute Gasteiger partial charge is 0.325 e. The van der Waals surface area contributed by atoms with Crippen LogP contribution < -0.4 is 5.32 Å².